The van der Waals surface area contributed by atoms with Gasteiger partial charge in [0.2, 0.25) is 0 Å². The van der Waals surface area contributed by atoms with E-state index in [1.807, 2.05) is 0 Å². The zero-order chi connectivity index (χ0) is 7.82. The van der Waals surface area contributed by atoms with E-state index >= 15 is 0 Å². The van der Waals surface area contributed by atoms with Gasteiger partial charge in [-0.3, -0.25) is 0 Å². The third kappa shape index (κ3) is 5.87. The minimum Gasteiger partial charge on any atom is -0.0917 e. The number of unbranched alkanes of at least 4 members (excludes halogenated alkanes) is 1. The second kappa shape index (κ2) is 6.85. The Morgan fingerprint density at radius 1 is 1.40 bits per heavy atom. The van der Waals surface area contributed by atoms with E-state index in [-0.39, 0.29) is 0 Å². The lowest BCUT2D eigenvalue weighted by molar-refractivity contribution is 0.512. The number of rotatable bonds is 5. The molecule has 0 amide bonds. The van der Waals surface area contributed by atoms with Crippen LogP contribution in [0.15, 0.2) is 12.2 Å². The molecule has 0 bridgehead atoms. The van der Waals surface area contributed by atoms with Crippen LogP contribution in [0.25, 0.3) is 0 Å². The lowest BCUT2D eigenvalue weighted by Crippen LogP contribution is -1.91. The Hall–Kier alpha value is -0.260. The second-order valence-electron chi connectivity index (χ2n) is 3.05. The summed E-state index contributed by atoms with van der Waals surface area (Å²) < 4.78 is 0. The maximum atomic E-state index is 2.33. The van der Waals surface area contributed by atoms with E-state index in [1.54, 1.807) is 0 Å². The molecule has 0 nitrogen and oxygen atoms in total. The van der Waals surface area contributed by atoms with Crippen molar-refractivity contribution in [2.75, 3.05) is 0 Å². The summed E-state index contributed by atoms with van der Waals surface area (Å²) in [6.45, 7) is 6.67. The molecular formula is C10H20. The van der Waals surface area contributed by atoms with E-state index in [0.717, 1.165) is 5.92 Å². The Bertz CT molecular complexity index is 82.0. The quantitative estimate of drug-likeness (QED) is 0.510. The predicted octanol–water partition coefficient (Wildman–Crippen LogP) is 3.78. The van der Waals surface area contributed by atoms with E-state index in [1.165, 1.54) is 25.7 Å². The maximum absolute atomic E-state index is 2.33. The molecule has 0 unspecified atom stereocenters. The van der Waals surface area contributed by atoms with Crippen LogP contribution in [0.1, 0.15) is 46.5 Å². The summed E-state index contributed by atoms with van der Waals surface area (Å²) in [6, 6.07) is 0. The standard InChI is InChI=1S/C10H20/c1-4-6-8-10(3)9-7-5-2/h4,6,10H,5,7-9H2,1-3H3/b6-4+/t10-/m1/s1. The molecule has 0 heterocycles. The fourth-order valence-corrected chi connectivity index (χ4v) is 1.04. The molecule has 0 heteroatoms. The largest absolute Gasteiger partial charge is 0.0917 e. The van der Waals surface area contributed by atoms with E-state index in [2.05, 4.69) is 32.9 Å². The molecular weight excluding hydrogens is 120 g/mol. The van der Waals surface area contributed by atoms with Gasteiger partial charge in [-0.25, -0.2) is 0 Å². The van der Waals surface area contributed by atoms with Gasteiger partial charge < -0.3 is 0 Å². The van der Waals surface area contributed by atoms with Crippen molar-refractivity contribution in [3.8, 4) is 0 Å². The highest BCUT2D eigenvalue weighted by Crippen LogP contribution is 2.11. The Labute approximate surface area is 65.3 Å². The average molecular weight is 140 g/mol. The molecule has 0 radical (unpaired) electrons. The molecule has 0 aromatic heterocycles. The Morgan fingerprint density at radius 3 is 2.60 bits per heavy atom. The molecule has 60 valence electrons. The van der Waals surface area contributed by atoms with Crippen molar-refractivity contribution in [2.24, 2.45) is 5.92 Å². The Kier molecular flexibility index (Phi) is 6.68. The first-order valence-corrected chi connectivity index (χ1v) is 4.42. The zero-order valence-electron chi connectivity index (χ0n) is 7.56. The minimum absolute atomic E-state index is 0.885. The summed E-state index contributed by atoms with van der Waals surface area (Å²) in [5.74, 6) is 0.885. The monoisotopic (exact) mass is 140 g/mol. The molecule has 1 atom stereocenters. The lowest BCUT2D eigenvalue weighted by atomic mass is 10.0. The molecule has 0 aliphatic rings. The number of allylic oxidation sites excluding steroid dienone is 2. The van der Waals surface area contributed by atoms with E-state index in [4.69, 9.17) is 0 Å². The van der Waals surface area contributed by atoms with Crippen LogP contribution in [0.2, 0.25) is 0 Å². The minimum atomic E-state index is 0.885. The summed E-state index contributed by atoms with van der Waals surface area (Å²) >= 11 is 0. The topological polar surface area (TPSA) is 0 Å². The van der Waals surface area contributed by atoms with Gasteiger partial charge in [-0.2, -0.15) is 0 Å². The van der Waals surface area contributed by atoms with Crippen molar-refractivity contribution in [1.29, 1.82) is 0 Å². The zero-order valence-corrected chi connectivity index (χ0v) is 7.56. The molecule has 0 aliphatic heterocycles. The maximum Gasteiger partial charge on any atom is -0.0325 e. The van der Waals surface area contributed by atoms with Crippen molar-refractivity contribution in [3.63, 3.8) is 0 Å². The Balaban J connectivity index is 3.16. The highest BCUT2D eigenvalue weighted by atomic mass is 14.0. The van der Waals surface area contributed by atoms with Crippen LogP contribution in [0.5, 0.6) is 0 Å². The van der Waals surface area contributed by atoms with Gasteiger partial charge in [-0.1, -0.05) is 45.3 Å². The summed E-state index contributed by atoms with van der Waals surface area (Å²) in [6.07, 6.45) is 9.78. The molecule has 0 saturated heterocycles. The molecule has 0 aromatic rings. The fraction of sp³-hybridized carbons (Fsp3) is 0.800. The fourth-order valence-electron chi connectivity index (χ4n) is 1.04. The molecule has 0 aliphatic carbocycles. The van der Waals surface area contributed by atoms with Crippen molar-refractivity contribution in [1.82, 2.24) is 0 Å². The first-order valence-electron chi connectivity index (χ1n) is 4.42. The van der Waals surface area contributed by atoms with Crippen molar-refractivity contribution in [3.05, 3.63) is 12.2 Å². The van der Waals surface area contributed by atoms with Gasteiger partial charge in [0.1, 0.15) is 0 Å². The van der Waals surface area contributed by atoms with Gasteiger partial charge in [-0.05, 0) is 19.3 Å². The third-order valence-corrected chi connectivity index (χ3v) is 1.82. The van der Waals surface area contributed by atoms with Gasteiger partial charge in [-0.15, -0.1) is 0 Å². The normalized spacial score (nSPS) is 14.3. The van der Waals surface area contributed by atoms with Crippen LogP contribution < -0.4 is 0 Å². The van der Waals surface area contributed by atoms with Gasteiger partial charge in [0.15, 0.2) is 0 Å². The smallest absolute Gasteiger partial charge is 0.0325 e. The average Bonchev–Trinajstić information content (AvgIpc) is 1.97. The van der Waals surface area contributed by atoms with Crippen LogP contribution in [0.3, 0.4) is 0 Å². The van der Waals surface area contributed by atoms with Crippen LogP contribution in [-0.2, 0) is 0 Å². The first-order chi connectivity index (χ1) is 4.81. The predicted molar refractivity (Wildman–Crippen MR) is 48.1 cm³/mol. The van der Waals surface area contributed by atoms with Gasteiger partial charge in [0.25, 0.3) is 0 Å². The van der Waals surface area contributed by atoms with E-state index < -0.39 is 0 Å². The van der Waals surface area contributed by atoms with Crippen LogP contribution in [0.4, 0.5) is 0 Å². The second-order valence-corrected chi connectivity index (χ2v) is 3.05. The first kappa shape index (κ1) is 9.74. The van der Waals surface area contributed by atoms with Gasteiger partial charge in [0.05, 0.1) is 0 Å². The molecule has 0 rings (SSSR count). The highest BCUT2D eigenvalue weighted by molar-refractivity contribution is 4.78. The molecule has 0 spiro atoms. The summed E-state index contributed by atoms with van der Waals surface area (Å²) in [5, 5.41) is 0. The molecule has 0 saturated carbocycles. The highest BCUT2D eigenvalue weighted by Gasteiger charge is 1.96. The van der Waals surface area contributed by atoms with E-state index in [9.17, 15) is 0 Å². The van der Waals surface area contributed by atoms with Gasteiger partial charge in [0, 0.05) is 0 Å². The van der Waals surface area contributed by atoms with Crippen molar-refractivity contribution < 1.29 is 0 Å². The number of hydrogen-bond acceptors (Lipinski definition) is 0. The Morgan fingerprint density at radius 2 is 2.10 bits per heavy atom. The van der Waals surface area contributed by atoms with Gasteiger partial charge >= 0.3 is 0 Å². The molecule has 0 aromatic carbocycles. The van der Waals surface area contributed by atoms with Crippen LogP contribution in [-0.4, -0.2) is 0 Å². The SMILES string of the molecule is C/C=C/C[C@@H](C)CCCC. The summed E-state index contributed by atoms with van der Waals surface area (Å²) in [4.78, 5) is 0. The summed E-state index contributed by atoms with van der Waals surface area (Å²) in [5.41, 5.74) is 0. The van der Waals surface area contributed by atoms with Crippen molar-refractivity contribution >= 4 is 0 Å². The molecule has 0 fully saturated rings. The van der Waals surface area contributed by atoms with Crippen LogP contribution >= 0.6 is 0 Å². The third-order valence-electron chi connectivity index (χ3n) is 1.82. The van der Waals surface area contributed by atoms with Crippen LogP contribution in [0, 0.1) is 5.92 Å². The molecule has 0 N–H and O–H groups in total. The van der Waals surface area contributed by atoms with Crippen molar-refractivity contribution in [2.45, 2.75) is 46.5 Å². The summed E-state index contributed by atoms with van der Waals surface area (Å²) in [7, 11) is 0. The molecule has 10 heavy (non-hydrogen) atoms. The number of hydrogen-bond donors (Lipinski definition) is 0. The lowest BCUT2D eigenvalue weighted by Gasteiger charge is -2.05. The van der Waals surface area contributed by atoms with E-state index in [0.29, 0.717) is 0 Å².